The van der Waals surface area contributed by atoms with Crippen LogP contribution in [0.5, 0.6) is 0 Å². The monoisotopic (exact) mass is 301 g/mol. The van der Waals surface area contributed by atoms with Crippen molar-refractivity contribution in [1.82, 2.24) is 10.2 Å². The predicted octanol–water partition coefficient (Wildman–Crippen LogP) is 1.82. The molecule has 1 heterocycles. The van der Waals surface area contributed by atoms with Crippen molar-refractivity contribution < 1.29 is 14.3 Å². The number of rotatable bonds is 4. The van der Waals surface area contributed by atoms with Crippen LogP contribution in [-0.4, -0.2) is 36.0 Å². The molecular formula is C16H19N3O3. The van der Waals surface area contributed by atoms with E-state index in [1.54, 1.807) is 0 Å². The van der Waals surface area contributed by atoms with Crippen molar-refractivity contribution in [1.29, 1.82) is 5.26 Å². The Hall–Kier alpha value is -2.55. The first-order chi connectivity index (χ1) is 10.7. The number of benzene rings is 1. The molecule has 0 radical (unpaired) electrons. The first kappa shape index (κ1) is 15.8. The Morgan fingerprint density at radius 3 is 2.82 bits per heavy atom. The first-order valence-electron chi connectivity index (χ1n) is 7.34. The van der Waals surface area contributed by atoms with Crippen LogP contribution in [0.15, 0.2) is 30.3 Å². The van der Waals surface area contributed by atoms with Crippen LogP contribution < -0.4 is 5.32 Å². The second kappa shape index (κ2) is 8.03. The topological polar surface area (TPSA) is 82.4 Å². The minimum atomic E-state index is -0.551. The van der Waals surface area contributed by atoms with Crippen molar-refractivity contribution in [2.75, 3.05) is 13.1 Å². The van der Waals surface area contributed by atoms with Gasteiger partial charge >= 0.3 is 6.09 Å². The maximum absolute atomic E-state index is 12.2. The minimum Gasteiger partial charge on any atom is -0.445 e. The first-order valence-corrected chi connectivity index (χ1v) is 7.34. The predicted molar refractivity (Wildman–Crippen MR) is 79.6 cm³/mol. The summed E-state index contributed by atoms with van der Waals surface area (Å²) in [5.41, 5.74) is 0.901. The number of nitriles is 1. The molecule has 2 rings (SSSR count). The zero-order valence-corrected chi connectivity index (χ0v) is 12.3. The third-order valence-electron chi connectivity index (χ3n) is 3.59. The minimum absolute atomic E-state index is 0.0533. The largest absolute Gasteiger partial charge is 0.445 e. The van der Waals surface area contributed by atoms with Crippen molar-refractivity contribution in [3.8, 4) is 6.07 Å². The molecule has 0 aromatic heterocycles. The Balaban J connectivity index is 1.93. The lowest BCUT2D eigenvalue weighted by Gasteiger charge is -2.33. The lowest BCUT2D eigenvalue weighted by atomic mass is 10.0. The molecule has 1 aliphatic heterocycles. The standard InChI is InChI=1S/C16H19N3O3/c17-9-10-18-15(20)14-8-4-5-11-19(14)16(21)22-12-13-6-2-1-3-7-13/h1-3,6-7,14H,4-5,8,10-12H2,(H,18,20). The van der Waals surface area contributed by atoms with Gasteiger partial charge in [0.2, 0.25) is 5.91 Å². The third-order valence-corrected chi connectivity index (χ3v) is 3.59. The lowest BCUT2D eigenvalue weighted by Crippen LogP contribution is -2.52. The molecule has 1 atom stereocenters. The summed E-state index contributed by atoms with van der Waals surface area (Å²) in [4.78, 5) is 25.7. The molecule has 0 aliphatic carbocycles. The van der Waals surface area contributed by atoms with Gasteiger partial charge in [0.15, 0.2) is 0 Å². The Morgan fingerprint density at radius 2 is 2.09 bits per heavy atom. The summed E-state index contributed by atoms with van der Waals surface area (Å²) in [7, 11) is 0. The molecule has 1 aromatic rings. The fourth-order valence-corrected chi connectivity index (χ4v) is 2.47. The van der Waals surface area contributed by atoms with Gasteiger partial charge in [0, 0.05) is 6.54 Å². The maximum atomic E-state index is 12.2. The fourth-order valence-electron chi connectivity index (χ4n) is 2.47. The quantitative estimate of drug-likeness (QED) is 0.860. The number of ether oxygens (including phenoxy) is 1. The van der Waals surface area contributed by atoms with E-state index in [0.717, 1.165) is 18.4 Å². The van der Waals surface area contributed by atoms with Crippen molar-refractivity contribution in [2.45, 2.75) is 31.9 Å². The van der Waals surface area contributed by atoms with Gasteiger partial charge < -0.3 is 10.1 Å². The van der Waals surface area contributed by atoms with Crippen LogP contribution in [0.4, 0.5) is 4.79 Å². The smallest absolute Gasteiger partial charge is 0.410 e. The lowest BCUT2D eigenvalue weighted by molar-refractivity contribution is -0.126. The molecule has 0 bridgehead atoms. The highest BCUT2D eigenvalue weighted by Gasteiger charge is 2.32. The van der Waals surface area contributed by atoms with Crippen LogP contribution in [0.1, 0.15) is 24.8 Å². The number of piperidine rings is 1. The van der Waals surface area contributed by atoms with Gasteiger partial charge in [-0.25, -0.2) is 4.79 Å². The Labute approximate surface area is 129 Å². The van der Waals surface area contributed by atoms with E-state index in [1.807, 2.05) is 36.4 Å². The molecule has 2 amide bonds. The normalized spacial score (nSPS) is 17.4. The van der Waals surface area contributed by atoms with Crippen LogP contribution in [-0.2, 0) is 16.1 Å². The molecule has 1 fully saturated rings. The molecule has 1 aromatic carbocycles. The van der Waals surface area contributed by atoms with Gasteiger partial charge in [-0.15, -0.1) is 0 Å². The fraction of sp³-hybridized carbons (Fsp3) is 0.438. The number of carbonyl (C=O) groups excluding carboxylic acids is 2. The van der Waals surface area contributed by atoms with E-state index in [0.29, 0.717) is 13.0 Å². The van der Waals surface area contributed by atoms with E-state index in [9.17, 15) is 9.59 Å². The van der Waals surface area contributed by atoms with Crippen molar-refractivity contribution >= 4 is 12.0 Å². The molecule has 1 unspecified atom stereocenters. The second-order valence-electron chi connectivity index (χ2n) is 5.12. The highest BCUT2D eigenvalue weighted by Crippen LogP contribution is 2.18. The van der Waals surface area contributed by atoms with E-state index >= 15 is 0 Å². The Bertz CT molecular complexity index is 554. The molecule has 1 N–H and O–H groups in total. The van der Waals surface area contributed by atoms with Crippen molar-refractivity contribution in [3.05, 3.63) is 35.9 Å². The van der Waals surface area contributed by atoms with Gasteiger partial charge in [-0.05, 0) is 24.8 Å². The van der Waals surface area contributed by atoms with Crippen LogP contribution in [0.25, 0.3) is 0 Å². The highest BCUT2D eigenvalue weighted by atomic mass is 16.6. The summed E-state index contributed by atoms with van der Waals surface area (Å²) in [5, 5.41) is 11.0. The number of carbonyl (C=O) groups is 2. The van der Waals surface area contributed by atoms with Crippen LogP contribution >= 0.6 is 0 Å². The van der Waals surface area contributed by atoms with Gasteiger partial charge in [-0.2, -0.15) is 5.26 Å². The summed E-state index contributed by atoms with van der Waals surface area (Å²) in [5.74, 6) is -0.294. The molecule has 1 saturated heterocycles. The van der Waals surface area contributed by atoms with Gasteiger partial charge in [-0.3, -0.25) is 9.69 Å². The van der Waals surface area contributed by atoms with Crippen molar-refractivity contribution in [3.63, 3.8) is 0 Å². The molecule has 0 saturated carbocycles. The molecule has 116 valence electrons. The number of amides is 2. The molecule has 0 spiro atoms. The highest BCUT2D eigenvalue weighted by molar-refractivity contribution is 5.86. The number of nitrogens with zero attached hydrogens (tertiary/aromatic N) is 2. The van der Waals surface area contributed by atoms with Crippen LogP contribution in [0.3, 0.4) is 0 Å². The van der Waals surface area contributed by atoms with Crippen LogP contribution in [0.2, 0.25) is 0 Å². The van der Waals surface area contributed by atoms with Gasteiger partial charge in [0.1, 0.15) is 19.2 Å². The Kier molecular flexibility index (Phi) is 5.78. The number of likely N-dealkylation sites (tertiary alicyclic amines) is 1. The molecule has 22 heavy (non-hydrogen) atoms. The SMILES string of the molecule is N#CCNC(=O)C1CCCCN1C(=O)OCc1ccccc1. The van der Waals surface area contributed by atoms with Gasteiger partial charge in [0.25, 0.3) is 0 Å². The average molecular weight is 301 g/mol. The summed E-state index contributed by atoms with van der Waals surface area (Å²) in [6.07, 6.45) is 1.84. The molecule has 1 aliphatic rings. The van der Waals surface area contributed by atoms with E-state index in [2.05, 4.69) is 5.32 Å². The number of hydrogen-bond donors (Lipinski definition) is 1. The average Bonchev–Trinajstić information content (AvgIpc) is 2.58. The maximum Gasteiger partial charge on any atom is 0.410 e. The zero-order chi connectivity index (χ0) is 15.8. The summed E-state index contributed by atoms with van der Waals surface area (Å²) < 4.78 is 5.29. The van der Waals surface area contributed by atoms with Crippen molar-refractivity contribution in [2.24, 2.45) is 0 Å². The van der Waals surface area contributed by atoms with E-state index in [-0.39, 0.29) is 19.1 Å². The zero-order valence-electron chi connectivity index (χ0n) is 12.3. The summed E-state index contributed by atoms with van der Waals surface area (Å²) in [6.45, 7) is 0.628. The van der Waals surface area contributed by atoms with E-state index in [4.69, 9.17) is 10.00 Å². The van der Waals surface area contributed by atoms with Crippen LogP contribution in [0, 0.1) is 11.3 Å². The molecule has 6 nitrogen and oxygen atoms in total. The number of nitrogens with one attached hydrogen (secondary N) is 1. The van der Waals surface area contributed by atoms with Gasteiger partial charge in [0.05, 0.1) is 6.07 Å². The molecule has 6 heteroatoms. The number of hydrogen-bond acceptors (Lipinski definition) is 4. The van der Waals surface area contributed by atoms with E-state index < -0.39 is 12.1 Å². The van der Waals surface area contributed by atoms with Gasteiger partial charge in [-0.1, -0.05) is 30.3 Å². The summed E-state index contributed by atoms with van der Waals surface area (Å²) in [6, 6.07) is 10.7. The second-order valence-corrected chi connectivity index (χ2v) is 5.12. The summed E-state index contributed by atoms with van der Waals surface area (Å²) >= 11 is 0. The third kappa shape index (κ3) is 4.22. The van der Waals surface area contributed by atoms with E-state index in [1.165, 1.54) is 4.90 Å². The molecular weight excluding hydrogens is 282 g/mol. The Morgan fingerprint density at radius 1 is 1.32 bits per heavy atom.